The molecule has 1 fully saturated rings. The van der Waals surface area contributed by atoms with Crippen LogP contribution in [0.15, 0.2) is 23.2 Å². The number of aliphatic imine (C=N–C) groups is 1. The molecule has 30 heavy (non-hydrogen) atoms. The van der Waals surface area contributed by atoms with E-state index in [1.165, 1.54) is 24.8 Å². The topological polar surface area (TPSA) is 79.8 Å². The van der Waals surface area contributed by atoms with Gasteiger partial charge in [0.2, 0.25) is 0 Å². The summed E-state index contributed by atoms with van der Waals surface area (Å²) in [6, 6.07) is 6.24. The summed E-state index contributed by atoms with van der Waals surface area (Å²) in [6.45, 7) is 8.92. The molecule has 0 bridgehead atoms. The Labute approximate surface area is 199 Å². The molecular weight excluding hydrogens is 513 g/mol. The summed E-state index contributed by atoms with van der Waals surface area (Å²) in [5.41, 5.74) is 2.24. The van der Waals surface area contributed by atoms with Crippen LogP contribution in [0.2, 0.25) is 0 Å². The molecule has 2 rings (SSSR count). The second-order valence-electron chi connectivity index (χ2n) is 7.87. The Hall–Kier alpha value is -1.03. The van der Waals surface area contributed by atoms with Gasteiger partial charge in [0.05, 0.1) is 24.7 Å². The molecule has 1 atom stereocenters. The molecule has 6 nitrogen and oxygen atoms in total. The smallest absolute Gasteiger partial charge is 0.191 e. The minimum Gasteiger partial charge on any atom is -0.493 e. The molecule has 1 aliphatic rings. The normalized spacial score (nSPS) is 18.0. The van der Waals surface area contributed by atoms with E-state index in [2.05, 4.69) is 42.7 Å². The van der Waals surface area contributed by atoms with Crippen LogP contribution >= 0.6 is 24.0 Å². The first kappa shape index (κ1) is 27.0. The third-order valence-electron chi connectivity index (χ3n) is 5.11. The van der Waals surface area contributed by atoms with Crippen molar-refractivity contribution < 1.29 is 13.2 Å². The SMILES string of the molecule is CCCCCCOc1cc(C)ccc1CN=C(NCC)NCC1CCS(=O)(=O)C1.I. The Morgan fingerprint density at radius 2 is 2.00 bits per heavy atom. The lowest BCUT2D eigenvalue weighted by Gasteiger charge is -2.15. The first-order chi connectivity index (χ1) is 13.9. The Morgan fingerprint density at radius 1 is 1.20 bits per heavy atom. The Balaban J connectivity index is 0.00000450. The number of nitrogens with one attached hydrogen (secondary N) is 2. The molecule has 1 aromatic carbocycles. The predicted octanol–water partition coefficient (Wildman–Crippen LogP) is 4.06. The Kier molecular flexibility index (Phi) is 12.7. The first-order valence-corrected chi connectivity index (χ1v) is 12.7. The van der Waals surface area contributed by atoms with Gasteiger partial charge in [-0.2, -0.15) is 0 Å². The summed E-state index contributed by atoms with van der Waals surface area (Å²) in [7, 11) is -2.85. The second kappa shape index (κ2) is 14.1. The second-order valence-corrected chi connectivity index (χ2v) is 10.1. The summed E-state index contributed by atoms with van der Waals surface area (Å²) >= 11 is 0. The zero-order chi connectivity index (χ0) is 21.1. The van der Waals surface area contributed by atoms with Gasteiger partial charge in [0, 0.05) is 18.7 Å². The van der Waals surface area contributed by atoms with Gasteiger partial charge in [-0.15, -0.1) is 24.0 Å². The summed E-state index contributed by atoms with van der Waals surface area (Å²) in [6.07, 6.45) is 5.45. The molecule has 8 heteroatoms. The monoisotopic (exact) mass is 551 g/mol. The maximum Gasteiger partial charge on any atom is 0.191 e. The van der Waals surface area contributed by atoms with Crippen molar-refractivity contribution in [2.45, 2.75) is 59.4 Å². The van der Waals surface area contributed by atoms with Gasteiger partial charge < -0.3 is 15.4 Å². The number of hydrogen-bond donors (Lipinski definition) is 2. The molecule has 1 aromatic rings. The number of rotatable bonds is 11. The van der Waals surface area contributed by atoms with E-state index in [1.807, 2.05) is 6.92 Å². The highest BCUT2D eigenvalue weighted by Crippen LogP contribution is 2.22. The molecule has 1 aliphatic heterocycles. The van der Waals surface area contributed by atoms with Gasteiger partial charge in [-0.25, -0.2) is 13.4 Å². The molecule has 0 amide bonds. The minimum absolute atomic E-state index is 0. The molecule has 0 saturated carbocycles. The van der Waals surface area contributed by atoms with Crippen molar-refractivity contribution in [3.63, 3.8) is 0 Å². The van der Waals surface area contributed by atoms with Crippen LogP contribution in [0.4, 0.5) is 0 Å². The summed E-state index contributed by atoms with van der Waals surface area (Å²) in [4.78, 5) is 4.69. The van der Waals surface area contributed by atoms with E-state index in [-0.39, 0.29) is 35.6 Å². The lowest BCUT2D eigenvalue weighted by molar-refractivity contribution is 0.302. The highest BCUT2D eigenvalue weighted by molar-refractivity contribution is 14.0. The van der Waals surface area contributed by atoms with Crippen LogP contribution in [0, 0.1) is 12.8 Å². The third-order valence-corrected chi connectivity index (χ3v) is 6.95. The van der Waals surface area contributed by atoms with E-state index in [0.29, 0.717) is 24.8 Å². The molecule has 1 saturated heterocycles. The number of sulfone groups is 1. The number of ether oxygens (including phenoxy) is 1. The van der Waals surface area contributed by atoms with Crippen molar-refractivity contribution in [3.8, 4) is 5.75 Å². The number of benzene rings is 1. The average molecular weight is 552 g/mol. The standard InChI is InChI=1S/C22H37N3O3S.HI/c1-4-6-7-8-12-28-21-14-18(3)9-10-20(21)16-25-22(23-5-2)24-15-19-11-13-29(26,27)17-19;/h9-10,14,19H,4-8,11-13,15-17H2,1-3H3,(H2,23,24,25);1H. The van der Waals surface area contributed by atoms with Crippen molar-refractivity contribution in [1.82, 2.24) is 10.6 Å². The van der Waals surface area contributed by atoms with Gasteiger partial charge in [-0.05, 0) is 44.2 Å². The number of nitrogens with zero attached hydrogens (tertiary/aromatic N) is 1. The van der Waals surface area contributed by atoms with Crippen LogP contribution in [0.1, 0.15) is 57.1 Å². The highest BCUT2D eigenvalue weighted by Gasteiger charge is 2.27. The predicted molar refractivity (Wildman–Crippen MR) is 136 cm³/mol. The Morgan fingerprint density at radius 3 is 2.67 bits per heavy atom. The molecule has 1 heterocycles. The van der Waals surface area contributed by atoms with Crippen LogP contribution in [0.25, 0.3) is 0 Å². The molecule has 172 valence electrons. The minimum atomic E-state index is -2.85. The summed E-state index contributed by atoms with van der Waals surface area (Å²) < 4.78 is 29.3. The quantitative estimate of drug-likeness (QED) is 0.188. The van der Waals surface area contributed by atoms with Crippen LogP contribution in [0.5, 0.6) is 5.75 Å². The number of aryl methyl sites for hydroxylation is 1. The fourth-order valence-electron chi connectivity index (χ4n) is 3.42. The first-order valence-electron chi connectivity index (χ1n) is 10.9. The molecule has 0 aromatic heterocycles. The molecular formula is C22H38IN3O3S. The van der Waals surface area contributed by atoms with Crippen molar-refractivity contribution in [2.24, 2.45) is 10.9 Å². The van der Waals surface area contributed by atoms with Gasteiger partial charge in [-0.3, -0.25) is 0 Å². The van der Waals surface area contributed by atoms with Crippen molar-refractivity contribution >= 4 is 39.8 Å². The number of halogens is 1. The fraction of sp³-hybridized carbons (Fsp3) is 0.682. The van der Waals surface area contributed by atoms with Crippen LogP contribution in [-0.2, 0) is 16.4 Å². The van der Waals surface area contributed by atoms with Crippen molar-refractivity contribution in [3.05, 3.63) is 29.3 Å². The molecule has 1 unspecified atom stereocenters. The van der Waals surface area contributed by atoms with Gasteiger partial charge in [0.1, 0.15) is 5.75 Å². The largest absolute Gasteiger partial charge is 0.493 e. The average Bonchev–Trinajstić information content (AvgIpc) is 3.03. The fourth-order valence-corrected chi connectivity index (χ4v) is 5.28. The van der Waals surface area contributed by atoms with E-state index in [1.54, 1.807) is 0 Å². The van der Waals surface area contributed by atoms with Gasteiger partial charge in [-0.1, -0.05) is 38.3 Å². The number of guanidine groups is 1. The van der Waals surface area contributed by atoms with Crippen molar-refractivity contribution in [2.75, 3.05) is 31.2 Å². The van der Waals surface area contributed by atoms with Gasteiger partial charge >= 0.3 is 0 Å². The van der Waals surface area contributed by atoms with Crippen LogP contribution in [-0.4, -0.2) is 45.6 Å². The van der Waals surface area contributed by atoms with E-state index in [4.69, 9.17) is 9.73 Å². The number of unbranched alkanes of at least 4 members (excludes halogenated alkanes) is 3. The maximum atomic E-state index is 11.6. The van der Waals surface area contributed by atoms with E-state index >= 15 is 0 Å². The van der Waals surface area contributed by atoms with Crippen LogP contribution < -0.4 is 15.4 Å². The lowest BCUT2D eigenvalue weighted by atomic mass is 10.1. The Bertz CT molecular complexity index is 769. The zero-order valence-corrected chi connectivity index (χ0v) is 21.7. The molecule has 0 spiro atoms. The van der Waals surface area contributed by atoms with Crippen LogP contribution in [0.3, 0.4) is 0 Å². The van der Waals surface area contributed by atoms with Gasteiger partial charge in [0.15, 0.2) is 15.8 Å². The highest BCUT2D eigenvalue weighted by atomic mass is 127. The molecule has 0 aliphatic carbocycles. The van der Waals surface area contributed by atoms with E-state index in [0.717, 1.165) is 37.3 Å². The maximum absolute atomic E-state index is 11.6. The van der Waals surface area contributed by atoms with E-state index in [9.17, 15) is 8.42 Å². The summed E-state index contributed by atoms with van der Waals surface area (Å²) in [5.74, 6) is 2.35. The third kappa shape index (κ3) is 9.85. The molecule has 2 N–H and O–H groups in total. The van der Waals surface area contributed by atoms with E-state index < -0.39 is 9.84 Å². The van der Waals surface area contributed by atoms with Gasteiger partial charge in [0.25, 0.3) is 0 Å². The number of hydrogen-bond acceptors (Lipinski definition) is 4. The zero-order valence-electron chi connectivity index (χ0n) is 18.6. The summed E-state index contributed by atoms with van der Waals surface area (Å²) in [5, 5.41) is 6.54. The lowest BCUT2D eigenvalue weighted by Crippen LogP contribution is -2.40. The van der Waals surface area contributed by atoms with Crippen molar-refractivity contribution in [1.29, 1.82) is 0 Å². The molecule has 0 radical (unpaired) electrons.